The number of aliphatic hydroxyl groups excluding tert-OH is 1. The molecule has 0 unspecified atom stereocenters. The van der Waals surface area contributed by atoms with E-state index in [0.717, 1.165) is 4.88 Å². The van der Waals surface area contributed by atoms with E-state index in [1.54, 1.807) is 35.6 Å². The molecular formula is C15H17NO4S. The topological polar surface area (TPSA) is 67.8 Å². The molecule has 0 aliphatic heterocycles. The number of hydrogen-bond donors (Lipinski definition) is 2. The van der Waals surface area contributed by atoms with Crippen molar-refractivity contribution in [3.8, 4) is 11.5 Å². The van der Waals surface area contributed by atoms with Gasteiger partial charge in [0.25, 0.3) is 5.91 Å². The van der Waals surface area contributed by atoms with E-state index in [0.29, 0.717) is 18.0 Å². The van der Waals surface area contributed by atoms with Gasteiger partial charge in [0.1, 0.15) is 6.61 Å². The third kappa shape index (κ3) is 5.09. The fraction of sp³-hybridized carbons (Fsp3) is 0.267. The van der Waals surface area contributed by atoms with Crippen LogP contribution in [0.5, 0.6) is 11.5 Å². The quantitative estimate of drug-likeness (QED) is 0.780. The van der Waals surface area contributed by atoms with Gasteiger partial charge in [-0.3, -0.25) is 4.79 Å². The number of amides is 1. The van der Waals surface area contributed by atoms with E-state index in [9.17, 15) is 4.79 Å². The average molecular weight is 307 g/mol. The minimum atomic E-state index is -0.194. The molecular weight excluding hydrogens is 290 g/mol. The van der Waals surface area contributed by atoms with Crippen LogP contribution in [-0.4, -0.2) is 30.8 Å². The summed E-state index contributed by atoms with van der Waals surface area (Å²) in [6.45, 7) is 0.536. The molecule has 112 valence electrons. The van der Waals surface area contributed by atoms with E-state index in [1.165, 1.54) is 0 Å². The van der Waals surface area contributed by atoms with Crippen molar-refractivity contribution in [3.05, 3.63) is 46.7 Å². The number of para-hydroxylation sites is 2. The Labute approximate surface area is 127 Å². The number of carbonyl (C=O) groups excluding carboxylic acids is 1. The second-order valence-electron chi connectivity index (χ2n) is 4.16. The van der Waals surface area contributed by atoms with Crippen molar-refractivity contribution in [3.63, 3.8) is 0 Å². The molecule has 0 saturated carbocycles. The molecule has 0 radical (unpaired) electrons. The van der Waals surface area contributed by atoms with E-state index in [1.807, 2.05) is 17.5 Å². The lowest BCUT2D eigenvalue weighted by Crippen LogP contribution is -2.28. The fourth-order valence-corrected chi connectivity index (χ4v) is 2.28. The van der Waals surface area contributed by atoms with E-state index < -0.39 is 0 Å². The molecule has 21 heavy (non-hydrogen) atoms. The monoisotopic (exact) mass is 307 g/mol. The standard InChI is InChI=1S/C15H17NO4S/c17-7-8-19-13-5-1-2-6-14(13)20-11-15(18)16-10-12-4-3-9-21-12/h1-6,9,17H,7-8,10-11H2,(H,16,18). The van der Waals surface area contributed by atoms with Crippen LogP contribution >= 0.6 is 11.3 Å². The summed E-state index contributed by atoms with van der Waals surface area (Å²) in [5.41, 5.74) is 0. The van der Waals surface area contributed by atoms with Gasteiger partial charge in [-0.2, -0.15) is 0 Å². The van der Waals surface area contributed by atoms with Crippen molar-refractivity contribution in [1.29, 1.82) is 0 Å². The Balaban J connectivity index is 1.80. The van der Waals surface area contributed by atoms with E-state index in [-0.39, 0.29) is 25.7 Å². The Morgan fingerprint density at radius 1 is 1.14 bits per heavy atom. The van der Waals surface area contributed by atoms with Crippen molar-refractivity contribution >= 4 is 17.2 Å². The third-order valence-corrected chi connectivity index (χ3v) is 3.47. The number of aliphatic hydroxyl groups is 1. The molecule has 2 aromatic rings. The first-order valence-corrected chi connectivity index (χ1v) is 7.42. The van der Waals surface area contributed by atoms with Gasteiger partial charge in [-0.05, 0) is 23.6 Å². The van der Waals surface area contributed by atoms with E-state index in [4.69, 9.17) is 14.6 Å². The second-order valence-corrected chi connectivity index (χ2v) is 5.20. The van der Waals surface area contributed by atoms with Crippen molar-refractivity contribution in [2.45, 2.75) is 6.54 Å². The predicted molar refractivity (Wildman–Crippen MR) is 80.7 cm³/mol. The zero-order valence-electron chi connectivity index (χ0n) is 11.5. The molecule has 2 rings (SSSR count). The van der Waals surface area contributed by atoms with Gasteiger partial charge in [0.2, 0.25) is 0 Å². The van der Waals surface area contributed by atoms with Crippen LogP contribution in [0, 0.1) is 0 Å². The molecule has 5 nitrogen and oxygen atoms in total. The average Bonchev–Trinajstić information content (AvgIpc) is 3.03. The molecule has 0 bridgehead atoms. The van der Waals surface area contributed by atoms with E-state index in [2.05, 4.69) is 5.32 Å². The Bertz CT molecular complexity index is 557. The minimum Gasteiger partial charge on any atom is -0.487 e. The summed E-state index contributed by atoms with van der Waals surface area (Å²) in [4.78, 5) is 12.8. The number of thiophene rings is 1. The molecule has 6 heteroatoms. The lowest BCUT2D eigenvalue weighted by Gasteiger charge is -2.11. The lowest BCUT2D eigenvalue weighted by atomic mass is 10.3. The molecule has 0 saturated heterocycles. The Kier molecular flexibility index (Phi) is 6.05. The number of ether oxygens (including phenoxy) is 2. The van der Waals surface area contributed by atoms with Gasteiger partial charge < -0.3 is 19.9 Å². The maximum atomic E-state index is 11.7. The normalized spacial score (nSPS) is 10.1. The Morgan fingerprint density at radius 3 is 2.57 bits per heavy atom. The summed E-state index contributed by atoms with van der Waals surface area (Å²) in [6, 6.07) is 11.0. The number of rotatable bonds is 8. The third-order valence-electron chi connectivity index (χ3n) is 2.60. The molecule has 2 N–H and O–H groups in total. The smallest absolute Gasteiger partial charge is 0.258 e. The zero-order valence-corrected chi connectivity index (χ0v) is 12.3. The van der Waals surface area contributed by atoms with Gasteiger partial charge in [-0.25, -0.2) is 0 Å². The molecule has 0 fully saturated rings. The van der Waals surface area contributed by atoms with Crippen molar-refractivity contribution in [1.82, 2.24) is 5.32 Å². The second kappa shape index (κ2) is 8.28. The lowest BCUT2D eigenvalue weighted by molar-refractivity contribution is -0.123. The summed E-state index contributed by atoms with van der Waals surface area (Å²) in [6.07, 6.45) is 0. The Morgan fingerprint density at radius 2 is 1.90 bits per heavy atom. The Hall–Kier alpha value is -2.05. The van der Waals surface area contributed by atoms with Gasteiger partial charge >= 0.3 is 0 Å². The molecule has 1 aromatic carbocycles. The van der Waals surface area contributed by atoms with Crippen LogP contribution in [0.4, 0.5) is 0 Å². The molecule has 1 amide bonds. The van der Waals surface area contributed by atoms with Crippen molar-refractivity contribution in [2.75, 3.05) is 19.8 Å². The van der Waals surface area contributed by atoms with Gasteiger partial charge in [0.15, 0.2) is 18.1 Å². The largest absolute Gasteiger partial charge is 0.487 e. The van der Waals surface area contributed by atoms with Gasteiger partial charge in [-0.1, -0.05) is 18.2 Å². The summed E-state index contributed by atoms with van der Waals surface area (Å²) in [7, 11) is 0. The van der Waals surface area contributed by atoms with Crippen molar-refractivity contribution < 1.29 is 19.4 Å². The highest BCUT2D eigenvalue weighted by molar-refractivity contribution is 7.09. The van der Waals surface area contributed by atoms with Crippen LogP contribution in [-0.2, 0) is 11.3 Å². The molecule has 0 aliphatic rings. The number of benzene rings is 1. The summed E-state index contributed by atoms with van der Waals surface area (Å²) in [5.74, 6) is 0.801. The minimum absolute atomic E-state index is 0.0738. The first-order valence-electron chi connectivity index (χ1n) is 6.54. The number of nitrogens with one attached hydrogen (secondary N) is 1. The van der Waals surface area contributed by atoms with Crippen LogP contribution in [0.1, 0.15) is 4.88 Å². The highest BCUT2D eigenvalue weighted by Gasteiger charge is 2.07. The predicted octanol–water partition coefficient (Wildman–Crippen LogP) is 1.81. The van der Waals surface area contributed by atoms with Crippen LogP contribution in [0.15, 0.2) is 41.8 Å². The van der Waals surface area contributed by atoms with Crippen LogP contribution < -0.4 is 14.8 Å². The summed E-state index contributed by atoms with van der Waals surface area (Å²) >= 11 is 1.59. The summed E-state index contributed by atoms with van der Waals surface area (Å²) in [5, 5.41) is 13.5. The van der Waals surface area contributed by atoms with Crippen LogP contribution in [0.3, 0.4) is 0 Å². The van der Waals surface area contributed by atoms with Crippen LogP contribution in [0.2, 0.25) is 0 Å². The first-order chi connectivity index (χ1) is 10.3. The van der Waals surface area contributed by atoms with Crippen molar-refractivity contribution in [2.24, 2.45) is 0 Å². The SMILES string of the molecule is O=C(COc1ccccc1OCCO)NCc1cccs1. The number of hydrogen-bond acceptors (Lipinski definition) is 5. The van der Waals surface area contributed by atoms with E-state index >= 15 is 0 Å². The maximum Gasteiger partial charge on any atom is 0.258 e. The van der Waals surface area contributed by atoms with Gasteiger partial charge in [0.05, 0.1) is 13.2 Å². The molecule has 1 heterocycles. The molecule has 0 atom stereocenters. The first kappa shape index (κ1) is 15.3. The van der Waals surface area contributed by atoms with Gasteiger partial charge in [0, 0.05) is 4.88 Å². The fourth-order valence-electron chi connectivity index (χ4n) is 1.64. The summed E-state index contributed by atoms with van der Waals surface area (Å²) < 4.78 is 10.8. The highest BCUT2D eigenvalue weighted by Crippen LogP contribution is 2.26. The molecule has 0 spiro atoms. The van der Waals surface area contributed by atoms with Gasteiger partial charge in [-0.15, -0.1) is 11.3 Å². The van der Waals surface area contributed by atoms with Crippen LogP contribution in [0.25, 0.3) is 0 Å². The molecule has 1 aromatic heterocycles. The maximum absolute atomic E-state index is 11.7. The molecule has 0 aliphatic carbocycles. The zero-order chi connectivity index (χ0) is 14.9. The highest BCUT2D eigenvalue weighted by atomic mass is 32.1. The number of carbonyl (C=O) groups is 1.